The van der Waals surface area contributed by atoms with Crippen molar-refractivity contribution >= 4 is 33.2 Å². The Labute approximate surface area is 156 Å². The number of nitrogens with one attached hydrogen (secondary N) is 2. The topological polar surface area (TPSA) is 57.0 Å². The van der Waals surface area contributed by atoms with Gasteiger partial charge < -0.3 is 20.2 Å². The molecule has 0 bridgehead atoms. The molecule has 1 heterocycles. The number of phenolic OH excluding ortho intramolecular Hbond substituents is 1. The van der Waals surface area contributed by atoms with E-state index in [1.165, 1.54) is 4.90 Å². The van der Waals surface area contributed by atoms with Crippen molar-refractivity contribution in [2.75, 3.05) is 42.9 Å². The Hall–Kier alpha value is -2.05. The zero-order chi connectivity index (χ0) is 17.8. The van der Waals surface area contributed by atoms with Crippen LogP contribution < -0.4 is 15.1 Å². The molecule has 0 saturated carbocycles. The van der Waals surface area contributed by atoms with Crippen molar-refractivity contribution in [1.82, 2.24) is 0 Å². The summed E-state index contributed by atoms with van der Waals surface area (Å²) in [5.41, 5.74) is 2.83. The van der Waals surface area contributed by atoms with E-state index in [1.807, 2.05) is 43.3 Å². The normalized spacial score (nSPS) is 15.2. The van der Waals surface area contributed by atoms with Gasteiger partial charge in [0.2, 0.25) is 0 Å². The fourth-order valence-electron chi connectivity index (χ4n) is 3.12. The average Bonchev–Trinajstić information content (AvgIpc) is 2.59. The quantitative estimate of drug-likeness (QED) is 0.728. The first-order valence-corrected chi connectivity index (χ1v) is 9.25. The maximum Gasteiger partial charge on any atom is 0.279 e. The standard InChI is InChI=1S/C19H22BrN3O2/c1-14-6-7-16(15(20)12-14)21-19(25)13-22-8-10-23(11-9-22)17-4-2-3-5-18(17)24/h2-7,12,24H,8-11,13H2,1H3,(H,21,25)/p+1. The Bertz CT molecular complexity index is 758. The highest BCUT2D eigenvalue weighted by Gasteiger charge is 2.23. The van der Waals surface area contributed by atoms with E-state index >= 15 is 0 Å². The van der Waals surface area contributed by atoms with E-state index in [0.29, 0.717) is 12.3 Å². The number of nitrogens with zero attached hydrogens (tertiary/aromatic N) is 1. The molecule has 0 aliphatic carbocycles. The molecular formula is C19H23BrN3O2+. The number of halogens is 1. The molecule has 2 aromatic rings. The van der Waals surface area contributed by atoms with Crippen LogP contribution in [0.5, 0.6) is 5.75 Å². The van der Waals surface area contributed by atoms with Crippen molar-refractivity contribution in [3.8, 4) is 5.75 Å². The molecule has 6 heteroatoms. The summed E-state index contributed by atoms with van der Waals surface area (Å²) in [7, 11) is 0. The fraction of sp³-hybridized carbons (Fsp3) is 0.316. The van der Waals surface area contributed by atoms with Crippen LogP contribution in [0.3, 0.4) is 0 Å². The summed E-state index contributed by atoms with van der Waals surface area (Å²) in [6.45, 7) is 5.87. The van der Waals surface area contributed by atoms with Gasteiger partial charge in [-0.1, -0.05) is 18.2 Å². The third-order valence-corrected chi connectivity index (χ3v) is 5.16. The van der Waals surface area contributed by atoms with E-state index in [9.17, 15) is 9.90 Å². The van der Waals surface area contributed by atoms with Gasteiger partial charge in [-0.2, -0.15) is 0 Å². The summed E-state index contributed by atoms with van der Waals surface area (Å²) in [6.07, 6.45) is 0. The molecule has 5 nitrogen and oxygen atoms in total. The number of carbonyl (C=O) groups excluding carboxylic acids is 1. The minimum Gasteiger partial charge on any atom is -0.506 e. The number of aryl methyl sites for hydroxylation is 1. The van der Waals surface area contributed by atoms with Gasteiger partial charge >= 0.3 is 0 Å². The molecule has 0 atom stereocenters. The maximum atomic E-state index is 12.3. The van der Waals surface area contributed by atoms with Crippen LogP contribution in [-0.4, -0.2) is 43.7 Å². The molecule has 0 spiro atoms. The lowest BCUT2D eigenvalue weighted by molar-refractivity contribution is -0.892. The summed E-state index contributed by atoms with van der Waals surface area (Å²) in [4.78, 5) is 15.7. The molecule has 1 amide bonds. The number of aromatic hydroxyl groups is 1. The summed E-state index contributed by atoms with van der Waals surface area (Å²) in [5.74, 6) is 0.337. The third kappa shape index (κ3) is 4.52. The van der Waals surface area contributed by atoms with Crippen LogP contribution >= 0.6 is 15.9 Å². The molecule has 3 rings (SSSR count). The van der Waals surface area contributed by atoms with Crippen LogP contribution in [0, 0.1) is 6.92 Å². The van der Waals surface area contributed by atoms with Gasteiger partial charge in [0.25, 0.3) is 5.91 Å². The highest BCUT2D eigenvalue weighted by atomic mass is 79.9. The molecular weight excluding hydrogens is 382 g/mol. The lowest BCUT2D eigenvalue weighted by Crippen LogP contribution is -3.15. The third-order valence-electron chi connectivity index (χ3n) is 4.50. The number of para-hydroxylation sites is 2. The largest absolute Gasteiger partial charge is 0.506 e. The van der Waals surface area contributed by atoms with Crippen LogP contribution in [0.25, 0.3) is 0 Å². The van der Waals surface area contributed by atoms with Gasteiger partial charge in [0.15, 0.2) is 6.54 Å². The molecule has 1 fully saturated rings. The zero-order valence-corrected chi connectivity index (χ0v) is 15.8. The molecule has 3 N–H and O–H groups in total. The van der Waals surface area contributed by atoms with E-state index in [1.54, 1.807) is 6.07 Å². The molecule has 132 valence electrons. The second-order valence-electron chi connectivity index (χ2n) is 6.43. The van der Waals surface area contributed by atoms with Gasteiger partial charge in [-0.05, 0) is 52.7 Å². The zero-order valence-electron chi connectivity index (χ0n) is 14.3. The number of hydrogen-bond donors (Lipinski definition) is 3. The van der Waals surface area contributed by atoms with Gasteiger partial charge in [0, 0.05) is 4.47 Å². The average molecular weight is 405 g/mol. The first-order valence-electron chi connectivity index (χ1n) is 8.45. The molecule has 25 heavy (non-hydrogen) atoms. The monoisotopic (exact) mass is 404 g/mol. The van der Waals surface area contributed by atoms with E-state index in [2.05, 4.69) is 26.1 Å². The first-order chi connectivity index (χ1) is 12.0. The Kier molecular flexibility index (Phi) is 5.60. The predicted molar refractivity (Wildman–Crippen MR) is 103 cm³/mol. The number of piperazine rings is 1. The molecule has 0 radical (unpaired) electrons. The van der Waals surface area contributed by atoms with Crippen molar-refractivity contribution in [2.24, 2.45) is 0 Å². The Morgan fingerprint density at radius 2 is 1.96 bits per heavy atom. The highest BCUT2D eigenvalue weighted by molar-refractivity contribution is 9.10. The van der Waals surface area contributed by atoms with Gasteiger partial charge in [-0.25, -0.2) is 0 Å². The van der Waals surface area contributed by atoms with Crippen LogP contribution in [0.2, 0.25) is 0 Å². The summed E-state index contributed by atoms with van der Waals surface area (Å²) in [6, 6.07) is 13.3. The maximum absolute atomic E-state index is 12.3. The summed E-state index contributed by atoms with van der Waals surface area (Å²) in [5, 5.41) is 12.9. The molecule has 2 aromatic carbocycles. The lowest BCUT2D eigenvalue weighted by atomic mass is 10.2. The van der Waals surface area contributed by atoms with Gasteiger partial charge in [0.05, 0.1) is 37.6 Å². The SMILES string of the molecule is Cc1ccc(NC(=O)C[NH+]2CCN(c3ccccc3O)CC2)c(Br)c1. The Balaban J connectivity index is 1.52. The molecule has 0 unspecified atom stereocenters. The predicted octanol–water partition coefficient (Wildman–Crippen LogP) is 1.81. The van der Waals surface area contributed by atoms with Gasteiger partial charge in [-0.15, -0.1) is 0 Å². The van der Waals surface area contributed by atoms with E-state index in [-0.39, 0.29) is 5.91 Å². The minimum absolute atomic E-state index is 0.0237. The van der Waals surface area contributed by atoms with Crippen molar-refractivity contribution < 1.29 is 14.8 Å². The number of phenols is 1. The number of benzene rings is 2. The van der Waals surface area contributed by atoms with Crippen LogP contribution in [0.1, 0.15) is 5.56 Å². The van der Waals surface area contributed by atoms with Crippen LogP contribution in [-0.2, 0) is 4.79 Å². The number of hydrogen-bond acceptors (Lipinski definition) is 3. The number of anilines is 2. The highest BCUT2D eigenvalue weighted by Crippen LogP contribution is 2.26. The lowest BCUT2D eigenvalue weighted by Gasteiger charge is -2.33. The fourth-order valence-corrected chi connectivity index (χ4v) is 3.71. The molecule has 1 aliphatic heterocycles. The molecule has 1 saturated heterocycles. The smallest absolute Gasteiger partial charge is 0.279 e. The Morgan fingerprint density at radius 1 is 1.24 bits per heavy atom. The molecule has 1 aliphatic rings. The van der Waals surface area contributed by atoms with Crippen molar-refractivity contribution in [1.29, 1.82) is 0 Å². The van der Waals surface area contributed by atoms with Crippen molar-refractivity contribution in [2.45, 2.75) is 6.92 Å². The Morgan fingerprint density at radius 3 is 2.64 bits per heavy atom. The van der Waals surface area contributed by atoms with Gasteiger partial charge in [-0.3, -0.25) is 4.79 Å². The molecule has 0 aromatic heterocycles. The van der Waals surface area contributed by atoms with E-state index in [0.717, 1.165) is 47.6 Å². The van der Waals surface area contributed by atoms with Crippen LogP contribution in [0.4, 0.5) is 11.4 Å². The number of amides is 1. The van der Waals surface area contributed by atoms with E-state index in [4.69, 9.17) is 0 Å². The summed E-state index contributed by atoms with van der Waals surface area (Å²) >= 11 is 3.49. The van der Waals surface area contributed by atoms with Crippen molar-refractivity contribution in [3.05, 3.63) is 52.5 Å². The van der Waals surface area contributed by atoms with E-state index < -0.39 is 0 Å². The van der Waals surface area contributed by atoms with Crippen molar-refractivity contribution in [3.63, 3.8) is 0 Å². The second kappa shape index (κ2) is 7.89. The number of quaternary nitrogens is 1. The van der Waals surface area contributed by atoms with Gasteiger partial charge in [0.1, 0.15) is 5.75 Å². The second-order valence-corrected chi connectivity index (χ2v) is 7.29. The summed E-state index contributed by atoms with van der Waals surface area (Å²) < 4.78 is 0.903. The first kappa shape index (κ1) is 17.8. The van der Waals surface area contributed by atoms with Crippen LogP contribution in [0.15, 0.2) is 46.9 Å². The minimum atomic E-state index is 0.0237. The number of rotatable bonds is 4. The number of carbonyl (C=O) groups is 1.